The summed E-state index contributed by atoms with van der Waals surface area (Å²) in [5.41, 5.74) is 1.52. The Hall–Kier alpha value is -4.41. The number of likely N-dealkylation sites (N-methyl/N-ethyl adjacent to an activating group) is 1. The normalized spacial score (nSPS) is 13.2. The van der Waals surface area contributed by atoms with Crippen molar-refractivity contribution in [3.05, 3.63) is 76.1 Å². The molecule has 2 aromatic heterocycles. The lowest BCUT2D eigenvalue weighted by Crippen LogP contribution is -2.37. The molecular formula is C30H38FN5O5. The number of carbonyl (C=O) groups is 3. The molecule has 0 aliphatic heterocycles. The molecule has 0 spiro atoms. The van der Waals surface area contributed by atoms with Crippen LogP contribution in [0.2, 0.25) is 0 Å². The molecule has 0 aliphatic carbocycles. The first-order chi connectivity index (χ1) is 20.1. The molecule has 0 saturated carbocycles. The van der Waals surface area contributed by atoms with Gasteiger partial charge >= 0.3 is 6.09 Å². The number of allylic oxidation sites excluding steroid dienone is 1. The number of carbonyl (C=O) groups excluding carboxylic acids is 3. The zero-order valence-corrected chi connectivity index (χ0v) is 24.2. The molecular weight excluding hydrogens is 529 g/mol. The van der Waals surface area contributed by atoms with Crippen molar-refractivity contribution in [2.75, 3.05) is 33.5 Å². The minimum absolute atomic E-state index is 0.0878. The number of hydrogen-bond acceptors (Lipinski definition) is 5. The molecule has 0 radical (unpaired) electrons. The lowest BCUT2D eigenvalue weighted by molar-refractivity contribution is -0.125. The van der Waals surface area contributed by atoms with Gasteiger partial charge in [-0.1, -0.05) is 19.9 Å². The molecule has 2 heterocycles. The van der Waals surface area contributed by atoms with Gasteiger partial charge in [0.15, 0.2) is 6.10 Å². The van der Waals surface area contributed by atoms with Crippen LogP contribution in [0.4, 0.5) is 14.9 Å². The fourth-order valence-electron chi connectivity index (χ4n) is 4.04. The number of nitrogens with zero attached hydrogens (tertiary/aromatic N) is 3. The highest BCUT2D eigenvalue weighted by molar-refractivity contribution is 5.95. The molecule has 11 heteroatoms. The van der Waals surface area contributed by atoms with Gasteiger partial charge in [-0.2, -0.15) is 0 Å². The highest BCUT2D eigenvalue weighted by Crippen LogP contribution is 2.24. The Morgan fingerprint density at radius 3 is 2.56 bits per heavy atom. The van der Waals surface area contributed by atoms with Crippen LogP contribution in [-0.2, 0) is 27.3 Å². The maximum absolute atomic E-state index is 14.2. The zero-order valence-electron chi connectivity index (χ0n) is 26.2. The van der Waals surface area contributed by atoms with Gasteiger partial charge in [0, 0.05) is 53.7 Å². The van der Waals surface area contributed by atoms with E-state index in [9.17, 15) is 23.6 Å². The van der Waals surface area contributed by atoms with Gasteiger partial charge < -0.3 is 29.4 Å². The summed E-state index contributed by atoms with van der Waals surface area (Å²) in [5, 5.41) is 3.08. The van der Waals surface area contributed by atoms with Crippen LogP contribution in [-0.4, -0.2) is 71.6 Å². The first-order valence-electron chi connectivity index (χ1n) is 14.1. The van der Waals surface area contributed by atoms with Gasteiger partial charge in [-0.3, -0.25) is 14.4 Å². The highest BCUT2D eigenvalue weighted by Gasteiger charge is 2.24. The Morgan fingerprint density at radius 1 is 1.17 bits per heavy atom. The molecule has 41 heavy (non-hydrogen) atoms. The first kappa shape index (κ1) is 28.1. The van der Waals surface area contributed by atoms with Gasteiger partial charge in [0.25, 0.3) is 11.5 Å². The third kappa shape index (κ3) is 8.54. The van der Waals surface area contributed by atoms with Gasteiger partial charge in [-0.05, 0) is 67.1 Å². The quantitative estimate of drug-likeness (QED) is 0.337. The van der Waals surface area contributed by atoms with Crippen molar-refractivity contribution in [1.29, 1.82) is 0 Å². The summed E-state index contributed by atoms with van der Waals surface area (Å²) in [6.45, 7) is 4.17. The molecule has 0 fully saturated rings. The van der Waals surface area contributed by atoms with Gasteiger partial charge in [0.05, 0.1) is 6.54 Å². The standard InChI is InChI=1S/C30H38FN5O5/c1-19(2)14-20-15-22(31)16-21-17-23(32-27(20)21)18-36-13-9-10-24(29(36)39)33-28(38)25(41-30(40)35(5)6)11-7-8-12-26(37)34(3)4/h8-10,12-13,15-17,19,25,32H,7,11,14,18H2,1-6H3,(H,33,38)/b12-8+/i11D2. The van der Waals surface area contributed by atoms with Crippen molar-refractivity contribution in [3.8, 4) is 0 Å². The van der Waals surface area contributed by atoms with E-state index in [0.717, 1.165) is 22.1 Å². The maximum Gasteiger partial charge on any atom is 0.410 e. The van der Waals surface area contributed by atoms with Crippen LogP contribution < -0.4 is 10.9 Å². The number of halogens is 1. The molecule has 10 nitrogen and oxygen atoms in total. The fourth-order valence-corrected chi connectivity index (χ4v) is 4.04. The van der Waals surface area contributed by atoms with Gasteiger partial charge in [-0.25, -0.2) is 9.18 Å². The lowest BCUT2D eigenvalue weighted by atomic mass is 10.0. The molecule has 0 bridgehead atoms. The number of aromatic nitrogens is 2. The number of H-pyrrole nitrogens is 1. The molecule has 1 aromatic carbocycles. The number of ether oxygens (including phenoxy) is 1. The van der Waals surface area contributed by atoms with E-state index in [1.165, 1.54) is 74.2 Å². The summed E-state index contributed by atoms with van der Waals surface area (Å²) in [6, 6.07) is 7.58. The summed E-state index contributed by atoms with van der Waals surface area (Å²) in [7, 11) is 5.82. The first-order valence-corrected chi connectivity index (χ1v) is 13.1. The Kier molecular flexibility index (Phi) is 9.45. The number of rotatable bonds is 11. The number of fused-ring (bicyclic) bond motifs is 1. The van der Waals surface area contributed by atoms with Crippen LogP contribution in [0.25, 0.3) is 10.9 Å². The predicted octanol–water partition coefficient (Wildman–Crippen LogP) is 4.15. The average molecular weight is 570 g/mol. The fraction of sp³-hybridized carbons (Fsp3) is 0.400. The van der Waals surface area contributed by atoms with E-state index in [-0.39, 0.29) is 24.0 Å². The smallest absolute Gasteiger partial charge is 0.410 e. The Labute approximate surface area is 241 Å². The largest absolute Gasteiger partial charge is 0.436 e. The van der Waals surface area contributed by atoms with Crippen LogP contribution in [0.15, 0.2) is 53.5 Å². The van der Waals surface area contributed by atoms with Crippen molar-refractivity contribution in [2.45, 2.75) is 45.7 Å². The van der Waals surface area contributed by atoms with Crippen LogP contribution in [0.3, 0.4) is 0 Å². The van der Waals surface area contributed by atoms with Crippen LogP contribution >= 0.6 is 0 Å². The van der Waals surface area contributed by atoms with E-state index >= 15 is 0 Å². The molecule has 220 valence electrons. The molecule has 1 atom stereocenters. The third-order valence-electron chi connectivity index (χ3n) is 6.02. The van der Waals surface area contributed by atoms with Crippen molar-refractivity contribution < 1.29 is 26.3 Å². The van der Waals surface area contributed by atoms with Crippen molar-refractivity contribution >= 4 is 34.5 Å². The molecule has 3 amide bonds. The highest BCUT2D eigenvalue weighted by atomic mass is 19.1. The van der Waals surface area contributed by atoms with Crippen molar-refractivity contribution in [1.82, 2.24) is 19.4 Å². The lowest BCUT2D eigenvalue weighted by Gasteiger charge is -2.19. The van der Waals surface area contributed by atoms with E-state index in [4.69, 9.17) is 7.48 Å². The molecule has 1 unspecified atom stereocenters. The zero-order chi connectivity index (χ0) is 32.1. The van der Waals surface area contributed by atoms with Gasteiger partial charge in [-0.15, -0.1) is 0 Å². The molecule has 3 aromatic rings. The molecule has 3 rings (SSSR count). The number of amides is 3. The van der Waals surface area contributed by atoms with E-state index in [2.05, 4.69) is 10.3 Å². The monoisotopic (exact) mass is 569 g/mol. The number of anilines is 1. The van der Waals surface area contributed by atoms with Crippen molar-refractivity contribution in [2.24, 2.45) is 5.92 Å². The molecule has 0 saturated heterocycles. The van der Waals surface area contributed by atoms with E-state index in [0.29, 0.717) is 23.4 Å². The molecule has 0 aliphatic rings. The van der Waals surface area contributed by atoms with Crippen LogP contribution in [0.1, 0.15) is 40.6 Å². The number of nitrogens with one attached hydrogen (secondary N) is 2. The van der Waals surface area contributed by atoms with Crippen molar-refractivity contribution in [3.63, 3.8) is 0 Å². The summed E-state index contributed by atoms with van der Waals surface area (Å²) >= 11 is 0. The van der Waals surface area contributed by atoms with E-state index in [1.807, 2.05) is 13.8 Å². The summed E-state index contributed by atoms with van der Waals surface area (Å²) < 4.78 is 37.7. The number of aromatic amines is 1. The Bertz CT molecular complexity index is 1580. The minimum atomic E-state index is -2.43. The van der Waals surface area contributed by atoms with E-state index < -0.39 is 36.5 Å². The van der Waals surface area contributed by atoms with Gasteiger partial charge in [0.1, 0.15) is 11.5 Å². The second kappa shape index (κ2) is 13.8. The summed E-state index contributed by atoms with van der Waals surface area (Å²) in [4.78, 5) is 56.4. The predicted molar refractivity (Wildman–Crippen MR) is 156 cm³/mol. The third-order valence-corrected chi connectivity index (χ3v) is 6.02. The summed E-state index contributed by atoms with van der Waals surface area (Å²) in [5.74, 6) is -1.48. The second-order valence-electron chi connectivity index (χ2n) is 10.5. The maximum atomic E-state index is 14.2. The SMILES string of the molecule is [2H]C([2H])(C/C=C/C(=O)N(C)C)C(OC(=O)N(C)C)C(=O)Nc1cccn(Cc2cc3cc(F)cc(CC(C)C)c3[nH]2)c1=O. The topological polar surface area (TPSA) is 117 Å². The second-order valence-corrected chi connectivity index (χ2v) is 10.5. The number of hydrogen-bond donors (Lipinski definition) is 2. The minimum Gasteiger partial charge on any atom is -0.436 e. The molecule has 2 N–H and O–H groups in total. The number of pyridine rings is 1. The number of benzene rings is 1. The van der Waals surface area contributed by atoms with Gasteiger partial charge in [0.2, 0.25) is 5.91 Å². The van der Waals surface area contributed by atoms with E-state index in [1.54, 1.807) is 6.07 Å². The average Bonchev–Trinajstić information content (AvgIpc) is 3.31. The Morgan fingerprint density at radius 2 is 1.90 bits per heavy atom. The Balaban J connectivity index is 1.87. The summed E-state index contributed by atoms with van der Waals surface area (Å²) in [6.07, 6.45) is -1.17. The van der Waals surface area contributed by atoms with Crippen LogP contribution in [0, 0.1) is 11.7 Å². The van der Waals surface area contributed by atoms with Crippen LogP contribution in [0.5, 0.6) is 0 Å².